The van der Waals surface area contributed by atoms with Crippen LogP contribution in [0, 0.1) is 17.7 Å². The van der Waals surface area contributed by atoms with Gasteiger partial charge in [-0.05, 0) is 55.0 Å². The van der Waals surface area contributed by atoms with Crippen molar-refractivity contribution in [3.8, 4) is 11.8 Å². The lowest BCUT2D eigenvalue weighted by Crippen LogP contribution is -2.13. The molecule has 2 nitrogen and oxygen atoms in total. The van der Waals surface area contributed by atoms with Crippen LogP contribution in [-0.2, 0) is 12.8 Å². The molecule has 2 N–H and O–H groups in total. The number of benzene rings is 1. The van der Waals surface area contributed by atoms with E-state index in [4.69, 9.17) is 5.73 Å². The average molecular weight is 285 g/mol. The largest absolute Gasteiger partial charge is 0.366 e. The van der Waals surface area contributed by atoms with Crippen molar-refractivity contribution in [1.29, 1.82) is 0 Å². The second-order valence-electron chi connectivity index (χ2n) is 4.68. The van der Waals surface area contributed by atoms with Gasteiger partial charge in [0.15, 0.2) is 0 Å². The molecule has 0 spiro atoms. The van der Waals surface area contributed by atoms with Gasteiger partial charge in [0.1, 0.15) is 5.82 Å². The minimum atomic E-state index is -0.409. The Morgan fingerprint density at radius 2 is 1.95 bits per heavy atom. The van der Waals surface area contributed by atoms with Gasteiger partial charge in [0.25, 0.3) is 5.91 Å². The van der Waals surface area contributed by atoms with Crippen LogP contribution in [0.15, 0.2) is 24.3 Å². The Bertz CT molecular complexity index is 734. The molecule has 0 radical (unpaired) electrons. The maximum atomic E-state index is 12.8. The van der Waals surface area contributed by atoms with E-state index in [0.717, 1.165) is 35.3 Å². The first kappa shape index (κ1) is 12.9. The normalized spacial score (nSPS) is 12.7. The molecular formula is C16H12FNOS. The fourth-order valence-corrected chi connectivity index (χ4v) is 3.66. The highest BCUT2D eigenvalue weighted by atomic mass is 32.1. The van der Waals surface area contributed by atoms with Gasteiger partial charge in [-0.3, -0.25) is 4.79 Å². The first-order chi connectivity index (χ1) is 9.65. The van der Waals surface area contributed by atoms with Crippen molar-refractivity contribution in [3.05, 3.63) is 56.5 Å². The third-order valence-electron chi connectivity index (χ3n) is 3.33. The second kappa shape index (κ2) is 5.10. The summed E-state index contributed by atoms with van der Waals surface area (Å²) in [7, 11) is 0. The molecule has 1 aliphatic carbocycles. The third kappa shape index (κ3) is 2.33. The van der Waals surface area contributed by atoms with Crippen LogP contribution >= 0.6 is 11.3 Å². The lowest BCUT2D eigenvalue weighted by atomic mass is 10.1. The lowest BCUT2D eigenvalue weighted by molar-refractivity contribution is 0.1000. The molecule has 1 amide bonds. The average Bonchev–Trinajstić information content (AvgIpc) is 2.97. The van der Waals surface area contributed by atoms with Crippen LogP contribution < -0.4 is 5.73 Å². The van der Waals surface area contributed by atoms with Gasteiger partial charge in [0.05, 0.1) is 10.4 Å². The molecule has 100 valence electrons. The van der Waals surface area contributed by atoms with Gasteiger partial charge in [-0.25, -0.2) is 4.39 Å². The lowest BCUT2D eigenvalue weighted by Gasteiger charge is -1.96. The molecule has 0 aliphatic heterocycles. The number of primary amides is 1. The number of nitrogens with two attached hydrogens (primary N) is 1. The minimum absolute atomic E-state index is 0.288. The highest BCUT2D eigenvalue weighted by Gasteiger charge is 2.24. The van der Waals surface area contributed by atoms with E-state index in [-0.39, 0.29) is 5.82 Å². The first-order valence-electron chi connectivity index (χ1n) is 6.37. The molecule has 2 aromatic rings. The van der Waals surface area contributed by atoms with Crippen molar-refractivity contribution in [2.75, 3.05) is 0 Å². The molecule has 1 aromatic heterocycles. The number of halogens is 1. The molecule has 0 atom stereocenters. The number of rotatable bonds is 1. The van der Waals surface area contributed by atoms with Crippen LogP contribution in [0.2, 0.25) is 0 Å². The Kier molecular flexibility index (Phi) is 3.29. The van der Waals surface area contributed by atoms with Gasteiger partial charge in [-0.2, -0.15) is 0 Å². The summed E-state index contributed by atoms with van der Waals surface area (Å²) in [6.45, 7) is 0. The van der Waals surface area contributed by atoms with Gasteiger partial charge in [-0.15, -0.1) is 11.3 Å². The second-order valence-corrected chi connectivity index (χ2v) is 5.79. The van der Waals surface area contributed by atoms with Crippen molar-refractivity contribution in [2.24, 2.45) is 5.73 Å². The van der Waals surface area contributed by atoms with E-state index in [1.807, 2.05) is 0 Å². The van der Waals surface area contributed by atoms with E-state index < -0.39 is 5.91 Å². The number of fused-ring (bicyclic) bond motifs is 1. The summed E-state index contributed by atoms with van der Waals surface area (Å²) < 4.78 is 12.8. The van der Waals surface area contributed by atoms with E-state index in [2.05, 4.69) is 11.8 Å². The molecular weight excluding hydrogens is 273 g/mol. The Morgan fingerprint density at radius 3 is 2.65 bits per heavy atom. The summed E-state index contributed by atoms with van der Waals surface area (Å²) >= 11 is 1.55. The zero-order chi connectivity index (χ0) is 14.1. The molecule has 1 aliphatic rings. The van der Waals surface area contributed by atoms with Crippen molar-refractivity contribution < 1.29 is 9.18 Å². The van der Waals surface area contributed by atoms with E-state index in [1.54, 1.807) is 23.5 Å². The van der Waals surface area contributed by atoms with Crippen molar-refractivity contribution in [2.45, 2.75) is 19.3 Å². The molecule has 0 fully saturated rings. The Hall–Kier alpha value is -2.12. The van der Waals surface area contributed by atoms with Crippen LogP contribution in [0.4, 0.5) is 4.39 Å². The van der Waals surface area contributed by atoms with Gasteiger partial charge in [0, 0.05) is 10.4 Å². The predicted molar refractivity (Wildman–Crippen MR) is 77.2 cm³/mol. The quantitative estimate of drug-likeness (QED) is 0.804. The maximum absolute atomic E-state index is 12.8. The summed E-state index contributed by atoms with van der Waals surface area (Å²) in [4.78, 5) is 13.6. The predicted octanol–water partition coefficient (Wildman–Crippen LogP) is 2.87. The molecule has 20 heavy (non-hydrogen) atoms. The van der Waals surface area contributed by atoms with Gasteiger partial charge in [0.2, 0.25) is 0 Å². The highest BCUT2D eigenvalue weighted by Crippen LogP contribution is 2.34. The van der Waals surface area contributed by atoms with E-state index in [1.165, 1.54) is 17.0 Å². The van der Waals surface area contributed by atoms with Crippen LogP contribution in [0.3, 0.4) is 0 Å². The third-order valence-corrected chi connectivity index (χ3v) is 4.54. The number of hydrogen-bond acceptors (Lipinski definition) is 2. The molecule has 3 rings (SSSR count). The summed E-state index contributed by atoms with van der Waals surface area (Å²) in [6, 6.07) is 5.97. The Balaban J connectivity index is 2.00. The number of thiophene rings is 1. The maximum Gasteiger partial charge on any atom is 0.251 e. The number of carbonyl (C=O) groups is 1. The number of hydrogen-bond donors (Lipinski definition) is 1. The van der Waals surface area contributed by atoms with E-state index in [9.17, 15) is 9.18 Å². The molecule has 0 unspecified atom stereocenters. The monoisotopic (exact) mass is 285 g/mol. The fraction of sp³-hybridized carbons (Fsp3) is 0.188. The Morgan fingerprint density at radius 1 is 1.20 bits per heavy atom. The standard InChI is InChI=1S/C16H12FNOS/c17-11-7-4-10(5-8-11)6-9-14-15(16(18)19)12-2-1-3-13(12)20-14/h4-5,7-8H,1-3H2,(H2,18,19). The molecule has 1 aromatic carbocycles. The highest BCUT2D eigenvalue weighted by molar-refractivity contribution is 7.13. The van der Waals surface area contributed by atoms with Gasteiger partial charge < -0.3 is 5.73 Å². The van der Waals surface area contributed by atoms with Crippen LogP contribution in [-0.4, -0.2) is 5.91 Å². The smallest absolute Gasteiger partial charge is 0.251 e. The zero-order valence-corrected chi connectivity index (χ0v) is 11.5. The fourth-order valence-electron chi connectivity index (χ4n) is 2.42. The SMILES string of the molecule is NC(=O)c1c(C#Cc2ccc(F)cc2)sc2c1CCC2. The van der Waals surface area contributed by atoms with Crippen molar-refractivity contribution in [3.63, 3.8) is 0 Å². The zero-order valence-electron chi connectivity index (χ0n) is 10.7. The van der Waals surface area contributed by atoms with E-state index >= 15 is 0 Å². The van der Waals surface area contributed by atoms with E-state index in [0.29, 0.717) is 5.56 Å². The molecule has 1 heterocycles. The van der Waals surface area contributed by atoms with Gasteiger partial charge in [-0.1, -0.05) is 5.92 Å². The van der Waals surface area contributed by atoms with Crippen LogP contribution in [0.25, 0.3) is 0 Å². The van der Waals surface area contributed by atoms with Crippen LogP contribution in [0.1, 0.15) is 37.7 Å². The van der Waals surface area contributed by atoms with Crippen molar-refractivity contribution >= 4 is 17.2 Å². The van der Waals surface area contributed by atoms with Crippen molar-refractivity contribution in [1.82, 2.24) is 0 Å². The van der Waals surface area contributed by atoms with Gasteiger partial charge >= 0.3 is 0 Å². The summed E-state index contributed by atoms with van der Waals surface area (Å²) in [6.07, 6.45) is 2.98. The summed E-state index contributed by atoms with van der Waals surface area (Å²) in [5, 5.41) is 0. The molecule has 4 heteroatoms. The topological polar surface area (TPSA) is 43.1 Å². The molecule has 0 bridgehead atoms. The number of aryl methyl sites for hydroxylation is 1. The molecule has 0 saturated heterocycles. The molecule has 0 saturated carbocycles. The number of carbonyl (C=O) groups excluding carboxylic acids is 1. The summed E-state index contributed by atoms with van der Waals surface area (Å²) in [5.41, 5.74) is 7.84. The van der Waals surface area contributed by atoms with Crippen LogP contribution in [0.5, 0.6) is 0 Å². The Labute approximate surface area is 120 Å². The first-order valence-corrected chi connectivity index (χ1v) is 7.19. The minimum Gasteiger partial charge on any atom is -0.366 e. The number of amides is 1. The summed E-state index contributed by atoms with van der Waals surface area (Å²) in [5.74, 6) is 5.27.